The lowest BCUT2D eigenvalue weighted by Gasteiger charge is -2.11. The molecular formula is C20H16N4O6S3. The van der Waals surface area contributed by atoms with Gasteiger partial charge in [-0.3, -0.25) is 10.1 Å². The molecule has 0 radical (unpaired) electrons. The maximum absolute atomic E-state index is 12.4. The van der Waals surface area contributed by atoms with Crippen LogP contribution in [0.15, 0.2) is 45.6 Å². The van der Waals surface area contributed by atoms with Crippen molar-refractivity contribution >= 4 is 55.6 Å². The fourth-order valence-electron chi connectivity index (χ4n) is 2.40. The minimum absolute atomic E-state index is 0.0626. The first-order valence-electron chi connectivity index (χ1n) is 9.20. The molecule has 33 heavy (non-hydrogen) atoms. The van der Waals surface area contributed by atoms with Crippen LogP contribution in [0.3, 0.4) is 0 Å². The molecule has 1 aromatic carbocycles. The summed E-state index contributed by atoms with van der Waals surface area (Å²) < 4.78 is 33.7. The summed E-state index contributed by atoms with van der Waals surface area (Å²) in [6.07, 6.45) is 2.28. The van der Waals surface area contributed by atoms with Gasteiger partial charge in [0.25, 0.3) is 5.91 Å². The largest absolute Gasteiger partial charge is 0.490 e. The van der Waals surface area contributed by atoms with E-state index in [1.165, 1.54) is 29.5 Å². The van der Waals surface area contributed by atoms with Gasteiger partial charge in [-0.15, -0.1) is 21.5 Å². The van der Waals surface area contributed by atoms with Crippen LogP contribution in [0.1, 0.15) is 22.2 Å². The highest BCUT2D eigenvalue weighted by atomic mass is 32.2. The van der Waals surface area contributed by atoms with Crippen LogP contribution in [-0.2, 0) is 14.6 Å². The smallest absolute Gasteiger partial charge is 0.353 e. The van der Waals surface area contributed by atoms with Crippen molar-refractivity contribution in [1.29, 1.82) is 5.26 Å². The van der Waals surface area contributed by atoms with Gasteiger partial charge < -0.3 is 9.47 Å². The standard InChI is InChI=1S/C20H16N4O6S3/c1-3-29-15-10-12(6-7-14(15)30-18(26)16-5-4-8-31-16)9-13(11-21)17(25)22-19-23-24-20(32-19)33(2,27)28/h4-10H,3H2,1-2H3,(H,22,23,25)/b13-9-. The lowest BCUT2D eigenvalue weighted by molar-refractivity contribution is -0.112. The molecule has 0 aliphatic rings. The third kappa shape index (κ3) is 6.22. The number of benzene rings is 1. The number of aromatic nitrogens is 2. The maximum Gasteiger partial charge on any atom is 0.353 e. The van der Waals surface area contributed by atoms with Gasteiger partial charge in [-0.2, -0.15) is 5.26 Å². The van der Waals surface area contributed by atoms with Crippen LogP contribution in [0.4, 0.5) is 5.13 Å². The molecule has 3 rings (SSSR count). The molecule has 0 spiro atoms. The van der Waals surface area contributed by atoms with Crippen LogP contribution in [0.2, 0.25) is 0 Å². The summed E-state index contributed by atoms with van der Waals surface area (Å²) in [4.78, 5) is 25.1. The molecule has 10 nitrogen and oxygen atoms in total. The predicted molar refractivity (Wildman–Crippen MR) is 122 cm³/mol. The number of hydrogen-bond acceptors (Lipinski definition) is 11. The number of nitrogens with zero attached hydrogens (tertiary/aromatic N) is 3. The average molecular weight is 505 g/mol. The summed E-state index contributed by atoms with van der Waals surface area (Å²) in [7, 11) is -3.56. The molecule has 2 aromatic heterocycles. The molecule has 13 heteroatoms. The molecule has 170 valence electrons. The van der Waals surface area contributed by atoms with Crippen molar-refractivity contribution < 1.29 is 27.5 Å². The second kappa shape index (κ2) is 10.3. The molecule has 0 bridgehead atoms. The number of rotatable bonds is 8. The Bertz CT molecular complexity index is 1350. The van der Waals surface area contributed by atoms with Crippen molar-refractivity contribution in [2.24, 2.45) is 0 Å². The van der Waals surface area contributed by atoms with Crippen LogP contribution in [0.25, 0.3) is 6.08 Å². The predicted octanol–water partition coefficient (Wildman–Crippen LogP) is 3.17. The monoisotopic (exact) mass is 504 g/mol. The van der Waals surface area contributed by atoms with E-state index in [0.717, 1.165) is 6.26 Å². The number of carbonyl (C=O) groups excluding carboxylic acids is 2. The highest BCUT2D eigenvalue weighted by Crippen LogP contribution is 2.30. The van der Waals surface area contributed by atoms with Gasteiger partial charge in [0.1, 0.15) is 16.5 Å². The molecule has 0 fully saturated rings. The fraction of sp³-hybridized carbons (Fsp3) is 0.150. The molecule has 0 saturated carbocycles. The summed E-state index contributed by atoms with van der Waals surface area (Å²) in [5, 5.41) is 20.6. The molecule has 0 aliphatic carbocycles. The van der Waals surface area contributed by atoms with Crippen molar-refractivity contribution in [1.82, 2.24) is 10.2 Å². The Kier molecular flexibility index (Phi) is 7.54. The van der Waals surface area contributed by atoms with Crippen molar-refractivity contribution in [2.75, 3.05) is 18.2 Å². The zero-order valence-electron chi connectivity index (χ0n) is 17.3. The lowest BCUT2D eigenvalue weighted by atomic mass is 10.1. The number of anilines is 1. The number of esters is 1. The Labute approximate surface area is 197 Å². The molecule has 0 aliphatic heterocycles. The van der Waals surface area contributed by atoms with Crippen molar-refractivity contribution in [2.45, 2.75) is 11.3 Å². The molecule has 1 N–H and O–H groups in total. The number of nitriles is 1. The SMILES string of the molecule is CCOc1cc(/C=C(/C#N)C(=O)Nc2nnc(S(C)(=O)=O)s2)ccc1OC(=O)c1cccs1. The minimum Gasteiger partial charge on any atom is -0.490 e. The molecule has 0 saturated heterocycles. The normalized spacial score (nSPS) is 11.5. The van der Waals surface area contributed by atoms with Crippen molar-refractivity contribution in [3.05, 3.63) is 51.7 Å². The number of thiophene rings is 1. The molecular weight excluding hydrogens is 488 g/mol. The Morgan fingerprint density at radius 2 is 2.03 bits per heavy atom. The summed E-state index contributed by atoms with van der Waals surface area (Å²) in [6.45, 7) is 2.05. The van der Waals surface area contributed by atoms with E-state index in [1.807, 2.05) is 0 Å². The van der Waals surface area contributed by atoms with Gasteiger partial charge in [0.15, 0.2) is 11.5 Å². The Morgan fingerprint density at radius 1 is 1.24 bits per heavy atom. The highest BCUT2D eigenvalue weighted by Gasteiger charge is 2.18. The number of nitrogens with one attached hydrogen (secondary N) is 1. The topological polar surface area (TPSA) is 148 Å². The second-order valence-corrected chi connectivity index (χ2v) is 10.4. The van der Waals surface area contributed by atoms with Crippen LogP contribution in [-0.4, -0.2) is 43.4 Å². The van der Waals surface area contributed by atoms with E-state index in [2.05, 4.69) is 15.5 Å². The van der Waals surface area contributed by atoms with E-state index >= 15 is 0 Å². The number of hydrogen-bond donors (Lipinski definition) is 1. The summed E-state index contributed by atoms with van der Waals surface area (Å²) in [5.74, 6) is -0.870. The van der Waals surface area contributed by atoms with Crippen molar-refractivity contribution in [3.63, 3.8) is 0 Å². The summed E-state index contributed by atoms with van der Waals surface area (Å²) in [5.41, 5.74) is 0.173. The average Bonchev–Trinajstić information content (AvgIpc) is 3.46. The van der Waals surface area contributed by atoms with Crippen molar-refractivity contribution in [3.8, 4) is 17.6 Å². The second-order valence-electron chi connectivity index (χ2n) is 6.28. The Hall–Kier alpha value is -3.60. The Balaban J connectivity index is 1.81. The molecule has 1 amide bonds. The van der Waals surface area contributed by atoms with E-state index in [4.69, 9.17) is 9.47 Å². The molecule has 0 atom stereocenters. The first kappa shape index (κ1) is 24.1. The van der Waals surface area contributed by atoms with E-state index < -0.39 is 21.7 Å². The van der Waals surface area contributed by atoms with E-state index in [-0.39, 0.29) is 26.5 Å². The quantitative estimate of drug-likeness (QED) is 0.160. The molecule has 3 aromatic rings. The number of amides is 1. The van der Waals surface area contributed by atoms with E-state index in [0.29, 0.717) is 28.4 Å². The zero-order chi connectivity index (χ0) is 24.0. The van der Waals surface area contributed by atoms with Crippen LogP contribution in [0.5, 0.6) is 11.5 Å². The minimum atomic E-state index is -3.56. The zero-order valence-corrected chi connectivity index (χ0v) is 19.7. The van der Waals surface area contributed by atoms with Gasteiger partial charge in [0, 0.05) is 6.26 Å². The number of carbonyl (C=O) groups is 2. The van der Waals surface area contributed by atoms with Gasteiger partial charge in [0.05, 0.1) is 6.61 Å². The maximum atomic E-state index is 12.4. The van der Waals surface area contributed by atoms with Gasteiger partial charge in [0.2, 0.25) is 19.3 Å². The molecule has 2 heterocycles. The first-order valence-corrected chi connectivity index (χ1v) is 12.8. The first-order chi connectivity index (χ1) is 15.7. The van der Waals surface area contributed by atoms with E-state index in [1.54, 1.807) is 36.6 Å². The summed E-state index contributed by atoms with van der Waals surface area (Å²) >= 11 is 1.91. The van der Waals surface area contributed by atoms with Crippen LogP contribution >= 0.6 is 22.7 Å². The van der Waals surface area contributed by atoms with Gasteiger partial charge in [-0.05, 0) is 42.1 Å². The number of sulfone groups is 1. The van der Waals surface area contributed by atoms with Gasteiger partial charge in [-0.1, -0.05) is 23.5 Å². The van der Waals surface area contributed by atoms with Crippen LogP contribution < -0.4 is 14.8 Å². The third-order valence-electron chi connectivity index (χ3n) is 3.81. The Morgan fingerprint density at radius 3 is 2.64 bits per heavy atom. The number of ether oxygens (including phenoxy) is 2. The third-order valence-corrected chi connectivity index (χ3v) is 7.17. The molecule has 0 unspecified atom stereocenters. The summed E-state index contributed by atoms with van der Waals surface area (Å²) in [6, 6.07) is 9.73. The van der Waals surface area contributed by atoms with E-state index in [9.17, 15) is 23.3 Å². The van der Waals surface area contributed by atoms with Gasteiger partial charge >= 0.3 is 5.97 Å². The fourth-order valence-corrected chi connectivity index (χ4v) is 4.50. The highest BCUT2D eigenvalue weighted by molar-refractivity contribution is 7.92. The van der Waals surface area contributed by atoms with Gasteiger partial charge in [-0.25, -0.2) is 13.2 Å². The lowest BCUT2D eigenvalue weighted by Crippen LogP contribution is -2.13. The van der Waals surface area contributed by atoms with Crippen LogP contribution in [0, 0.1) is 11.3 Å².